The number of nitrogens with zero attached hydrogens (tertiary/aromatic N) is 1. The van der Waals surface area contributed by atoms with Gasteiger partial charge in [0.1, 0.15) is 17.6 Å². The molecule has 4 rings (SSSR count). The van der Waals surface area contributed by atoms with Gasteiger partial charge in [-0.3, -0.25) is 9.78 Å². The number of ketones is 1. The molecule has 0 aliphatic carbocycles. The Kier molecular flexibility index (Phi) is 5.84. The number of aromatic nitrogens is 1. The molecule has 0 bridgehead atoms. The first-order chi connectivity index (χ1) is 15.0. The van der Waals surface area contributed by atoms with Crippen molar-refractivity contribution in [1.29, 1.82) is 0 Å². The fraction of sp³-hybridized carbons (Fsp3) is 0.208. The van der Waals surface area contributed by atoms with Crippen LogP contribution < -0.4 is 20.5 Å². The van der Waals surface area contributed by atoms with Crippen molar-refractivity contribution in [2.45, 2.75) is 26.0 Å². The van der Waals surface area contributed by atoms with Crippen LogP contribution in [-0.4, -0.2) is 23.4 Å². The van der Waals surface area contributed by atoms with Crippen LogP contribution in [0.5, 0.6) is 11.5 Å². The molecule has 1 atom stereocenters. The zero-order valence-electron chi connectivity index (χ0n) is 17.1. The summed E-state index contributed by atoms with van der Waals surface area (Å²) in [6.45, 7) is 2.59. The van der Waals surface area contributed by atoms with Crippen molar-refractivity contribution in [3.8, 4) is 11.5 Å². The van der Waals surface area contributed by atoms with Gasteiger partial charge >= 0.3 is 6.03 Å². The fourth-order valence-corrected chi connectivity index (χ4v) is 3.64. The van der Waals surface area contributed by atoms with Gasteiger partial charge < -0.3 is 20.5 Å². The summed E-state index contributed by atoms with van der Waals surface area (Å²) in [4.78, 5) is 27.4. The number of carbonyl (C=O) groups is 2. The van der Waals surface area contributed by atoms with Crippen LogP contribution in [0.3, 0.4) is 0 Å². The van der Waals surface area contributed by atoms with Crippen LogP contribution in [0.2, 0.25) is 0 Å². The van der Waals surface area contributed by atoms with E-state index in [4.69, 9.17) is 15.2 Å². The van der Waals surface area contributed by atoms with Crippen molar-refractivity contribution in [1.82, 2.24) is 10.3 Å². The second-order valence-electron chi connectivity index (χ2n) is 7.33. The molecule has 7 nitrogen and oxygen atoms in total. The molecule has 0 saturated heterocycles. The lowest BCUT2D eigenvalue weighted by molar-refractivity contribution is 0.0932. The van der Waals surface area contributed by atoms with Crippen LogP contribution >= 0.6 is 0 Å². The molecule has 2 heterocycles. The third kappa shape index (κ3) is 4.50. The highest BCUT2D eigenvalue weighted by molar-refractivity contribution is 6.00. The van der Waals surface area contributed by atoms with Crippen LogP contribution in [0.4, 0.5) is 4.79 Å². The summed E-state index contributed by atoms with van der Waals surface area (Å²) in [5.74, 6) is 1.30. The Balaban J connectivity index is 1.70. The molecule has 1 aliphatic rings. The highest BCUT2D eigenvalue weighted by atomic mass is 16.5. The lowest BCUT2D eigenvalue weighted by Gasteiger charge is -2.25. The minimum Gasteiger partial charge on any atom is -0.492 e. The number of rotatable bonds is 6. The number of ether oxygens (including phenoxy) is 2. The van der Waals surface area contributed by atoms with Crippen LogP contribution in [0.25, 0.3) is 0 Å². The smallest absolute Gasteiger partial charge is 0.312 e. The summed E-state index contributed by atoms with van der Waals surface area (Å²) in [7, 11) is 0. The van der Waals surface area contributed by atoms with Gasteiger partial charge in [-0.05, 0) is 53.9 Å². The monoisotopic (exact) mass is 417 g/mol. The van der Waals surface area contributed by atoms with Gasteiger partial charge in [0, 0.05) is 30.9 Å². The number of amides is 2. The summed E-state index contributed by atoms with van der Waals surface area (Å²) >= 11 is 0. The van der Waals surface area contributed by atoms with Crippen molar-refractivity contribution < 1.29 is 19.1 Å². The third-order valence-corrected chi connectivity index (χ3v) is 5.21. The van der Waals surface area contributed by atoms with Crippen molar-refractivity contribution in [2.75, 3.05) is 6.61 Å². The largest absolute Gasteiger partial charge is 0.492 e. The number of fused-ring (bicyclic) bond motifs is 1. The summed E-state index contributed by atoms with van der Waals surface area (Å²) < 4.78 is 12.2. The number of primary amides is 1. The second-order valence-corrected chi connectivity index (χ2v) is 7.33. The van der Waals surface area contributed by atoms with Gasteiger partial charge in [-0.25, -0.2) is 4.79 Å². The average Bonchev–Trinajstić information content (AvgIpc) is 2.78. The van der Waals surface area contributed by atoms with Crippen LogP contribution in [0.1, 0.15) is 45.1 Å². The first-order valence-corrected chi connectivity index (χ1v) is 10.0. The molecule has 0 unspecified atom stereocenters. The standard InChI is InChI=1S/C24H23N3O4/c1-15-21(6-5-19-20(28)9-12-30-22(15)19)31-23(17-7-10-26-11-8-17)18-4-2-3-16(13-18)14-27-24(25)29/h2-8,10-11,13,23H,9,12,14H2,1H3,(H3,25,27,29)/t23-/m1/s1. The van der Waals surface area contributed by atoms with E-state index >= 15 is 0 Å². The molecule has 1 aliphatic heterocycles. The zero-order chi connectivity index (χ0) is 21.8. The van der Waals surface area contributed by atoms with E-state index in [-0.39, 0.29) is 5.78 Å². The molecule has 158 valence electrons. The van der Waals surface area contributed by atoms with E-state index in [0.29, 0.717) is 36.6 Å². The van der Waals surface area contributed by atoms with Gasteiger partial charge in [0.05, 0.1) is 12.2 Å². The Bertz CT molecular complexity index is 1120. The number of urea groups is 1. The lowest BCUT2D eigenvalue weighted by Crippen LogP contribution is -2.28. The predicted molar refractivity (Wildman–Crippen MR) is 115 cm³/mol. The van der Waals surface area contributed by atoms with Crippen molar-refractivity contribution in [3.05, 3.63) is 88.7 Å². The number of hydrogen-bond donors (Lipinski definition) is 2. The first kappa shape index (κ1) is 20.4. The van der Waals surface area contributed by atoms with Gasteiger partial charge in [0.2, 0.25) is 0 Å². The van der Waals surface area contributed by atoms with Gasteiger partial charge in [0.25, 0.3) is 0 Å². The van der Waals surface area contributed by atoms with E-state index < -0.39 is 12.1 Å². The molecule has 0 radical (unpaired) electrons. The van der Waals surface area contributed by atoms with E-state index in [1.807, 2.05) is 49.4 Å². The molecule has 31 heavy (non-hydrogen) atoms. The number of Topliss-reactive ketones (excluding diaryl/α,β-unsaturated/α-hetero) is 1. The molecule has 7 heteroatoms. The highest BCUT2D eigenvalue weighted by Gasteiger charge is 2.24. The molecular formula is C24H23N3O4. The average molecular weight is 417 g/mol. The van der Waals surface area contributed by atoms with Crippen molar-refractivity contribution in [3.63, 3.8) is 0 Å². The van der Waals surface area contributed by atoms with E-state index in [9.17, 15) is 9.59 Å². The quantitative estimate of drug-likeness (QED) is 0.637. The molecule has 1 aromatic heterocycles. The molecule has 2 aromatic carbocycles. The maximum atomic E-state index is 12.2. The number of benzene rings is 2. The van der Waals surface area contributed by atoms with Crippen molar-refractivity contribution in [2.24, 2.45) is 5.73 Å². The topological polar surface area (TPSA) is 104 Å². The maximum Gasteiger partial charge on any atom is 0.312 e. The lowest BCUT2D eigenvalue weighted by atomic mass is 9.99. The number of hydrogen-bond acceptors (Lipinski definition) is 5. The van der Waals surface area contributed by atoms with E-state index in [1.54, 1.807) is 18.5 Å². The minimum absolute atomic E-state index is 0.0798. The normalized spacial score (nSPS) is 13.6. The highest BCUT2D eigenvalue weighted by Crippen LogP contribution is 2.38. The summed E-state index contributed by atoms with van der Waals surface area (Å²) in [6.07, 6.45) is 3.39. The molecule has 0 spiro atoms. The summed E-state index contributed by atoms with van der Waals surface area (Å²) in [5.41, 5.74) is 9.30. The molecule has 2 amide bonds. The van der Waals surface area contributed by atoms with Gasteiger partial charge in [-0.15, -0.1) is 0 Å². The predicted octanol–water partition coefficient (Wildman–Crippen LogP) is 3.69. The number of nitrogens with two attached hydrogens (primary N) is 1. The summed E-state index contributed by atoms with van der Waals surface area (Å²) in [6, 6.07) is 14.5. The zero-order valence-corrected chi connectivity index (χ0v) is 17.1. The first-order valence-electron chi connectivity index (χ1n) is 10.0. The third-order valence-electron chi connectivity index (χ3n) is 5.21. The number of carbonyl (C=O) groups excluding carboxylic acids is 2. The van der Waals surface area contributed by atoms with E-state index in [2.05, 4.69) is 10.3 Å². The Hall–Kier alpha value is -3.87. The molecule has 3 N–H and O–H groups in total. The maximum absolute atomic E-state index is 12.2. The molecular weight excluding hydrogens is 394 g/mol. The van der Waals surface area contributed by atoms with Gasteiger partial charge in [-0.2, -0.15) is 0 Å². The SMILES string of the molecule is Cc1c(O[C@H](c2ccncc2)c2cccc(CNC(N)=O)c2)ccc2c1OCCC2=O. The van der Waals surface area contributed by atoms with E-state index in [0.717, 1.165) is 22.3 Å². The second kappa shape index (κ2) is 8.87. The van der Waals surface area contributed by atoms with Gasteiger partial charge in [-0.1, -0.05) is 18.2 Å². The van der Waals surface area contributed by atoms with Gasteiger partial charge in [0.15, 0.2) is 5.78 Å². The molecule has 0 fully saturated rings. The van der Waals surface area contributed by atoms with Crippen LogP contribution in [0.15, 0.2) is 60.9 Å². The van der Waals surface area contributed by atoms with Crippen LogP contribution in [0, 0.1) is 6.92 Å². The Labute approximate surface area is 180 Å². The van der Waals surface area contributed by atoms with E-state index in [1.165, 1.54) is 0 Å². The summed E-state index contributed by atoms with van der Waals surface area (Å²) in [5, 5.41) is 2.60. The number of nitrogens with one attached hydrogen (secondary N) is 1. The number of pyridine rings is 1. The minimum atomic E-state index is -0.577. The fourth-order valence-electron chi connectivity index (χ4n) is 3.64. The Morgan fingerprint density at radius 2 is 2.00 bits per heavy atom. The Morgan fingerprint density at radius 1 is 1.19 bits per heavy atom. The molecule has 3 aromatic rings. The van der Waals surface area contributed by atoms with Crippen LogP contribution in [-0.2, 0) is 6.54 Å². The molecule has 0 saturated carbocycles. The Morgan fingerprint density at radius 3 is 2.77 bits per heavy atom. The van der Waals surface area contributed by atoms with Crippen molar-refractivity contribution >= 4 is 11.8 Å².